The van der Waals surface area contributed by atoms with Crippen LogP contribution < -0.4 is 5.32 Å². The molecule has 0 saturated heterocycles. The smallest absolute Gasteiger partial charge is 0.224 e. The Balaban J connectivity index is 1.48. The summed E-state index contributed by atoms with van der Waals surface area (Å²) in [4.78, 5) is 16.7. The minimum absolute atomic E-state index is 0.0687. The van der Waals surface area contributed by atoms with E-state index < -0.39 is 0 Å². The molecule has 118 valence electrons. The molecule has 0 bridgehead atoms. The van der Waals surface area contributed by atoms with Crippen molar-refractivity contribution < 1.29 is 4.79 Å². The molecule has 0 aliphatic carbocycles. The zero-order valence-corrected chi connectivity index (χ0v) is 12.9. The number of hydrogen-bond acceptors (Lipinski definition) is 4. The van der Waals surface area contributed by atoms with Gasteiger partial charge in [-0.2, -0.15) is 0 Å². The summed E-state index contributed by atoms with van der Waals surface area (Å²) in [5.41, 5.74) is 2.54. The number of nitrogens with zero attached hydrogens (tertiary/aromatic N) is 4. The van der Waals surface area contributed by atoms with Crippen molar-refractivity contribution in [3.05, 3.63) is 72.3 Å². The van der Waals surface area contributed by atoms with Crippen molar-refractivity contribution >= 4 is 22.5 Å². The summed E-state index contributed by atoms with van der Waals surface area (Å²) in [7, 11) is 0. The Morgan fingerprint density at radius 3 is 2.92 bits per heavy atom. The highest BCUT2D eigenvalue weighted by Crippen LogP contribution is 2.16. The Morgan fingerprint density at radius 1 is 1.04 bits per heavy atom. The fourth-order valence-corrected chi connectivity index (χ4v) is 2.73. The van der Waals surface area contributed by atoms with E-state index in [0.29, 0.717) is 12.4 Å². The minimum atomic E-state index is -0.0687. The van der Waals surface area contributed by atoms with E-state index in [0.717, 1.165) is 22.1 Å². The van der Waals surface area contributed by atoms with E-state index >= 15 is 0 Å². The molecule has 6 nitrogen and oxygen atoms in total. The molecule has 24 heavy (non-hydrogen) atoms. The molecule has 1 aromatic carbocycles. The van der Waals surface area contributed by atoms with E-state index in [2.05, 4.69) is 20.5 Å². The molecule has 3 heterocycles. The van der Waals surface area contributed by atoms with Crippen molar-refractivity contribution in [3.8, 4) is 0 Å². The van der Waals surface area contributed by atoms with Crippen LogP contribution in [0.25, 0.3) is 16.6 Å². The second-order valence-corrected chi connectivity index (χ2v) is 5.49. The lowest BCUT2D eigenvalue weighted by Gasteiger charge is -2.07. The molecule has 0 aliphatic rings. The van der Waals surface area contributed by atoms with E-state index in [4.69, 9.17) is 0 Å². The predicted molar refractivity (Wildman–Crippen MR) is 90.3 cm³/mol. The number of para-hydroxylation sites is 1. The Labute approximate surface area is 138 Å². The summed E-state index contributed by atoms with van der Waals surface area (Å²) >= 11 is 0. The van der Waals surface area contributed by atoms with Crippen molar-refractivity contribution in [2.75, 3.05) is 0 Å². The summed E-state index contributed by atoms with van der Waals surface area (Å²) in [6.07, 6.45) is 3.91. The fourth-order valence-electron chi connectivity index (χ4n) is 2.73. The number of benzene rings is 1. The maximum Gasteiger partial charge on any atom is 0.224 e. The van der Waals surface area contributed by atoms with Crippen LogP contribution >= 0.6 is 0 Å². The first-order valence-corrected chi connectivity index (χ1v) is 7.69. The number of aromatic nitrogens is 4. The predicted octanol–water partition coefficient (Wildman–Crippen LogP) is 2.14. The number of carbonyl (C=O) groups excluding carboxylic acids is 1. The molecule has 6 heteroatoms. The first-order valence-electron chi connectivity index (χ1n) is 7.69. The first kappa shape index (κ1) is 14.3. The molecule has 1 amide bonds. The number of hydrogen-bond donors (Lipinski definition) is 1. The van der Waals surface area contributed by atoms with Crippen LogP contribution in [0.1, 0.15) is 11.4 Å². The van der Waals surface area contributed by atoms with E-state index in [1.54, 1.807) is 6.20 Å². The van der Waals surface area contributed by atoms with Gasteiger partial charge in [-0.25, -0.2) is 0 Å². The number of fused-ring (bicyclic) bond motifs is 2. The lowest BCUT2D eigenvalue weighted by Crippen LogP contribution is -2.25. The first-order chi connectivity index (χ1) is 11.8. The maximum absolute atomic E-state index is 12.3. The number of nitrogens with one attached hydrogen (secondary N) is 1. The molecule has 4 rings (SSSR count). The van der Waals surface area contributed by atoms with Crippen LogP contribution in [0.3, 0.4) is 0 Å². The average Bonchev–Trinajstić information content (AvgIpc) is 3.04. The van der Waals surface area contributed by atoms with Crippen molar-refractivity contribution in [3.63, 3.8) is 0 Å². The topological polar surface area (TPSA) is 72.2 Å². The minimum Gasteiger partial charge on any atom is -0.348 e. The van der Waals surface area contributed by atoms with Gasteiger partial charge in [-0.1, -0.05) is 30.3 Å². The third kappa shape index (κ3) is 2.69. The van der Waals surface area contributed by atoms with Crippen molar-refractivity contribution in [1.29, 1.82) is 0 Å². The molecule has 0 fully saturated rings. The van der Waals surface area contributed by atoms with Crippen LogP contribution in [0.4, 0.5) is 0 Å². The zero-order chi connectivity index (χ0) is 16.4. The monoisotopic (exact) mass is 317 g/mol. The van der Waals surface area contributed by atoms with Crippen LogP contribution in [-0.4, -0.2) is 25.5 Å². The maximum atomic E-state index is 12.3. The lowest BCUT2D eigenvalue weighted by molar-refractivity contribution is -0.120. The molecule has 0 aliphatic heterocycles. The lowest BCUT2D eigenvalue weighted by atomic mass is 10.1. The van der Waals surface area contributed by atoms with Gasteiger partial charge in [0.2, 0.25) is 5.91 Å². The Bertz CT molecular complexity index is 1020. The van der Waals surface area contributed by atoms with Crippen molar-refractivity contribution in [2.45, 2.75) is 13.0 Å². The molecule has 0 unspecified atom stereocenters. The number of rotatable bonds is 4. The molecule has 1 N–H and O–H groups in total. The number of pyridine rings is 2. The second-order valence-electron chi connectivity index (χ2n) is 5.49. The summed E-state index contributed by atoms with van der Waals surface area (Å²) in [5, 5.41) is 12.1. The van der Waals surface area contributed by atoms with Crippen LogP contribution in [0.15, 0.2) is 60.9 Å². The molecule has 4 aromatic rings. The van der Waals surface area contributed by atoms with Gasteiger partial charge in [0.05, 0.1) is 18.5 Å². The number of amides is 1. The summed E-state index contributed by atoms with van der Waals surface area (Å²) < 4.78 is 1.86. The van der Waals surface area contributed by atoms with E-state index in [1.165, 1.54) is 0 Å². The summed E-state index contributed by atoms with van der Waals surface area (Å²) in [6.45, 7) is 0.336. The normalized spacial score (nSPS) is 11.0. The molecule has 0 saturated carbocycles. The van der Waals surface area contributed by atoms with Crippen LogP contribution in [0.5, 0.6) is 0 Å². The van der Waals surface area contributed by atoms with Gasteiger partial charge in [0, 0.05) is 17.8 Å². The number of carbonyl (C=O) groups is 1. The summed E-state index contributed by atoms with van der Waals surface area (Å²) in [6, 6.07) is 15.4. The quantitative estimate of drug-likeness (QED) is 0.626. The van der Waals surface area contributed by atoms with E-state index in [1.807, 2.05) is 59.1 Å². The van der Waals surface area contributed by atoms with Gasteiger partial charge in [-0.3, -0.25) is 14.2 Å². The highest BCUT2D eigenvalue weighted by Gasteiger charge is 2.10. The van der Waals surface area contributed by atoms with Crippen LogP contribution in [0.2, 0.25) is 0 Å². The molecule has 0 radical (unpaired) electrons. The van der Waals surface area contributed by atoms with Gasteiger partial charge in [0.1, 0.15) is 0 Å². The average molecular weight is 317 g/mol. The standard InChI is InChI=1S/C18H15N5O/c24-17(11-14-6-3-5-13-7-4-9-19-18(13)14)20-12-16-22-21-15-8-1-2-10-23(15)16/h1-10H,11-12H2,(H,20,24). The molecular weight excluding hydrogens is 302 g/mol. The van der Waals surface area contributed by atoms with Gasteiger partial charge < -0.3 is 5.32 Å². The van der Waals surface area contributed by atoms with Crippen LogP contribution in [0, 0.1) is 0 Å². The second kappa shape index (κ2) is 6.08. The molecule has 0 spiro atoms. The van der Waals surface area contributed by atoms with Gasteiger partial charge in [-0.15, -0.1) is 10.2 Å². The third-order valence-corrected chi connectivity index (χ3v) is 3.90. The van der Waals surface area contributed by atoms with Crippen molar-refractivity contribution in [1.82, 2.24) is 24.9 Å². The zero-order valence-electron chi connectivity index (χ0n) is 12.9. The van der Waals surface area contributed by atoms with Crippen molar-refractivity contribution in [2.24, 2.45) is 0 Å². The Kier molecular flexibility index (Phi) is 3.63. The SMILES string of the molecule is O=C(Cc1cccc2cccnc12)NCc1nnc2ccccn12. The third-order valence-electron chi connectivity index (χ3n) is 3.90. The molecule has 3 aromatic heterocycles. The Morgan fingerprint density at radius 2 is 1.96 bits per heavy atom. The molecule has 0 atom stereocenters. The van der Waals surface area contributed by atoms with Gasteiger partial charge in [0.25, 0.3) is 0 Å². The van der Waals surface area contributed by atoms with E-state index in [9.17, 15) is 4.79 Å². The van der Waals surface area contributed by atoms with E-state index in [-0.39, 0.29) is 12.3 Å². The van der Waals surface area contributed by atoms with Gasteiger partial charge >= 0.3 is 0 Å². The fraction of sp³-hybridized carbons (Fsp3) is 0.111. The van der Waals surface area contributed by atoms with Gasteiger partial charge in [0.15, 0.2) is 11.5 Å². The Hall–Kier alpha value is -3.28. The van der Waals surface area contributed by atoms with Crippen LogP contribution in [-0.2, 0) is 17.8 Å². The van der Waals surface area contributed by atoms with Gasteiger partial charge in [-0.05, 0) is 23.8 Å². The highest BCUT2D eigenvalue weighted by atomic mass is 16.1. The molecular formula is C18H15N5O. The summed E-state index contributed by atoms with van der Waals surface area (Å²) in [5.74, 6) is 0.635. The largest absolute Gasteiger partial charge is 0.348 e. The highest BCUT2D eigenvalue weighted by molar-refractivity contribution is 5.87.